The third-order valence-electron chi connectivity index (χ3n) is 1.84. The van der Waals surface area contributed by atoms with Crippen LogP contribution in [0.2, 0.25) is 0 Å². The molecule has 0 fully saturated rings. The lowest BCUT2D eigenvalue weighted by Crippen LogP contribution is -1.99. The number of aryl methyl sites for hydroxylation is 1. The second-order valence-corrected chi connectivity index (χ2v) is 3.82. The zero-order chi connectivity index (χ0) is 10.6. The maximum atomic E-state index is 10.4. The van der Waals surface area contributed by atoms with E-state index in [2.05, 4.69) is 0 Å². The summed E-state index contributed by atoms with van der Waals surface area (Å²) in [7, 11) is 1.51. The lowest BCUT2D eigenvalue weighted by atomic mass is 10.1. The van der Waals surface area contributed by atoms with Gasteiger partial charge in [-0.2, -0.15) is 0 Å². The molecule has 0 amide bonds. The standard InChI is InChI=1S/C9H12O4S/c1-13-8-3-2-7(9(10)6-8)4-5-14(11)12/h2-3,6,10H,4-5H2,1H3,(H,11,12). The topological polar surface area (TPSA) is 66.8 Å². The van der Waals surface area contributed by atoms with E-state index in [1.165, 1.54) is 13.2 Å². The average molecular weight is 216 g/mol. The summed E-state index contributed by atoms with van der Waals surface area (Å²) in [5.74, 6) is 0.783. The summed E-state index contributed by atoms with van der Waals surface area (Å²) >= 11 is -1.82. The predicted molar refractivity (Wildman–Crippen MR) is 54.0 cm³/mol. The van der Waals surface area contributed by atoms with E-state index in [4.69, 9.17) is 9.29 Å². The third-order valence-corrected chi connectivity index (χ3v) is 2.39. The zero-order valence-electron chi connectivity index (χ0n) is 7.77. The van der Waals surface area contributed by atoms with Crippen LogP contribution in [0.3, 0.4) is 0 Å². The number of rotatable bonds is 4. The zero-order valence-corrected chi connectivity index (χ0v) is 8.58. The van der Waals surface area contributed by atoms with Crippen molar-refractivity contribution in [2.45, 2.75) is 6.42 Å². The molecule has 0 aliphatic carbocycles. The van der Waals surface area contributed by atoms with Gasteiger partial charge in [0.2, 0.25) is 0 Å². The van der Waals surface area contributed by atoms with Crippen LogP contribution in [0.1, 0.15) is 5.56 Å². The van der Waals surface area contributed by atoms with Crippen LogP contribution in [0.5, 0.6) is 11.5 Å². The fourth-order valence-electron chi connectivity index (χ4n) is 1.08. The Morgan fingerprint density at radius 1 is 1.50 bits per heavy atom. The molecule has 0 aromatic heterocycles. The van der Waals surface area contributed by atoms with Crippen molar-refractivity contribution < 1.29 is 18.6 Å². The van der Waals surface area contributed by atoms with Crippen molar-refractivity contribution in [1.29, 1.82) is 0 Å². The Morgan fingerprint density at radius 2 is 2.21 bits per heavy atom. The first-order valence-corrected chi connectivity index (χ1v) is 5.34. The van der Waals surface area contributed by atoms with Crippen molar-refractivity contribution in [3.8, 4) is 11.5 Å². The van der Waals surface area contributed by atoms with Crippen molar-refractivity contribution in [1.82, 2.24) is 0 Å². The van der Waals surface area contributed by atoms with E-state index in [-0.39, 0.29) is 11.5 Å². The molecule has 1 aromatic rings. The van der Waals surface area contributed by atoms with E-state index in [0.717, 1.165) is 0 Å². The summed E-state index contributed by atoms with van der Waals surface area (Å²) in [6.07, 6.45) is 0.374. The maximum absolute atomic E-state index is 10.4. The number of ether oxygens (including phenoxy) is 1. The Hall–Kier alpha value is -1.07. The molecule has 4 nitrogen and oxygen atoms in total. The summed E-state index contributed by atoms with van der Waals surface area (Å²) in [5.41, 5.74) is 0.646. The highest BCUT2D eigenvalue weighted by molar-refractivity contribution is 7.79. The van der Waals surface area contributed by atoms with E-state index in [1.54, 1.807) is 12.1 Å². The first-order chi connectivity index (χ1) is 6.63. The highest BCUT2D eigenvalue weighted by atomic mass is 32.2. The van der Waals surface area contributed by atoms with Crippen molar-refractivity contribution in [2.75, 3.05) is 12.9 Å². The van der Waals surface area contributed by atoms with Crippen LogP contribution in [-0.4, -0.2) is 26.7 Å². The molecule has 78 valence electrons. The summed E-state index contributed by atoms with van der Waals surface area (Å²) in [5, 5.41) is 9.47. The number of benzene rings is 1. The van der Waals surface area contributed by atoms with Crippen molar-refractivity contribution in [2.24, 2.45) is 0 Å². The largest absolute Gasteiger partial charge is 0.508 e. The van der Waals surface area contributed by atoms with Gasteiger partial charge in [0, 0.05) is 6.07 Å². The molecule has 2 N–H and O–H groups in total. The Kier molecular flexibility index (Phi) is 3.91. The van der Waals surface area contributed by atoms with E-state index in [0.29, 0.717) is 17.7 Å². The molecule has 5 heteroatoms. The fraction of sp³-hybridized carbons (Fsp3) is 0.333. The number of aromatic hydroxyl groups is 1. The molecule has 1 rings (SSSR count). The molecule has 1 atom stereocenters. The second-order valence-electron chi connectivity index (χ2n) is 2.77. The number of methoxy groups -OCH3 is 1. The van der Waals surface area contributed by atoms with Gasteiger partial charge in [-0.1, -0.05) is 6.07 Å². The molecule has 0 aliphatic heterocycles. The first-order valence-electron chi connectivity index (χ1n) is 4.07. The van der Waals surface area contributed by atoms with Gasteiger partial charge in [-0.25, -0.2) is 4.21 Å². The van der Waals surface area contributed by atoms with Crippen LogP contribution in [0, 0.1) is 0 Å². The van der Waals surface area contributed by atoms with Gasteiger partial charge in [0.1, 0.15) is 11.5 Å². The Balaban J connectivity index is 2.73. The lowest BCUT2D eigenvalue weighted by molar-refractivity contribution is 0.406. The summed E-state index contributed by atoms with van der Waals surface area (Å²) in [6.45, 7) is 0. The molecule has 0 saturated heterocycles. The van der Waals surface area contributed by atoms with E-state index < -0.39 is 11.1 Å². The van der Waals surface area contributed by atoms with Gasteiger partial charge in [0.05, 0.1) is 12.9 Å². The second kappa shape index (κ2) is 4.97. The van der Waals surface area contributed by atoms with Gasteiger partial charge in [-0.3, -0.25) is 0 Å². The summed E-state index contributed by atoms with van der Waals surface area (Å²) in [4.78, 5) is 0. The van der Waals surface area contributed by atoms with Gasteiger partial charge in [-0.05, 0) is 18.1 Å². The smallest absolute Gasteiger partial charge is 0.153 e. The van der Waals surface area contributed by atoms with Crippen LogP contribution < -0.4 is 4.74 Å². The van der Waals surface area contributed by atoms with Crippen molar-refractivity contribution in [3.63, 3.8) is 0 Å². The SMILES string of the molecule is COc1ccc(CCS(=O)O)c(O)c1. The quantitative estimate of drug-likeness (QED) is 0.741. The molecule has 0 saturated carbocycles. The minimum absolute atomic E-state index is 0.0924. The van der Waals surface area contributed by atoms with E-state index in [9.17, 15) is 9.32 Å². The molecule has 0 bridgehead atoms. The number of phenols is 1. The van der Waals surface area contributed by atoms with Gasteiger partial charge in [0.25, 0.3) is 0 Å². The van der Waals surface area contributed by atoms with E-state index in [1.807, 2.05) is 0 Å². The third kappa shape index (κ3) is 3.01. The fourth-order valence-corrected chi connectivity index (χ4v) is 1.47. The first kappa shape index (κ1) is 11.0. The molecule has 0 heterocycles. The van der Waals surface area contributed by atoms with Gasteiger partial charge < -0.3 is 14.4 Å². The molecule has 0 aliphatic rings. The molecule has 1 unspecified atom stereocenters. The molecular weight excluding hydrogens is 204 g/mol. The Bertz CT molecular complexity index is 338. The van der Waals surface area contributed by atoms with Crippen LogP contribution in [0.4, 0.5) is 0 Å². The molecule has 14 heavy (non-hydrogen) atoms. The van der Waals surface area contributed by atoms with Crippen LogP contribution in [0.25, 0.3) is 0 Å². The van der Waals surface area contributed by atoms with Crippen LogP contribution in [0.15, 0.2) is 18.2 Å². The lowest BCUT2D eigenvalue weighted by Gasteiger charge is -2.05. The van der Waals surface area contributed by atoms with Crippen molar-refractivity contribution >= 4 is 11.1 Å². The summed E-state index contributed by atoms with van der Waals surface area (Å²) in [6, 6.07) is 4.87. The Labute approximate surface area is 84.8 Å². The highest BCUT2D eigenvalue weighted by Crippen LogP contribution is 2.23. The number of phenolic OH excluding ortho intramolecular Hbond substituents is 1. The molecular formula is C9H12O4S. The van der Waals surface area contributed by atoms with E-state index >= 15 is 0 Å². The van der Waals surface area contributed by atoms with Crippen LogP contribution in [-0.2, 0) is 17.5 Å². The van der Waals surface area contributed by atoms with Crippen molar-refractivity contribution in [3.05, 3.63) is 23.8 Å². The maximum Gasteiger partial charge on any atom is 0.153 e. The monoisotopic (exact) mass is 216 g/mol. The molecule has 0 radical (unpaired) electrons. The predicted octanol–water partition coefficient (Wildman–Crippen LogP) is 1.16. The van der Waals surface area contributed by atoms with Gasteiger partial charge in [-0.15, -0.1) is 0 Å². The highest BCUT2D eigenvalue weighted by Gasteiger charge is 2.04. The summed E-state index contributed by atoms with van der Waals surface area (Å²) < 4.78 is 23.9. The molecule has 0 spiro atoms. The van der Waals surface area contributed by atoms with Gasteiger partial charge in [0.15, 0.2) is 11.1 Å². The molecule has 1 aromatic carbocycles. The average Bonchev–Trinajstić information content (AvgIpc) is 2.15. The van der Waals surface area contributed by atoms with Gasteiger partial charge >= 0.3 is 0 Å². The Morgan fingerprint density at radius 3 is 2.71 bits per heavy atom. The normalized spacial score (nSPS) is 12.4. The minimum atomic E-state index is -1.82. The minimum Gasteiger partial charge on any atom is -0.508 e. The number of hydrogen-bond acceptors (Lipinski definition) is 3. The van der Waals surface area contributed by atoms with Crippen LogP contribution >= 0.6 is 0 Å². The number of hydrogen-bond donors (Lipinski definition) is 2.